The number of para-hydroxylation sites is 1. The molecule has 2 nitrogen and oxygen atoms in total. The molecule has 1 N–H and O–H groups in total. The molecule has 1 aromatic carbocycles. The van der Waals surface area contributed by atoms with Crippen molar-refractivity contribution in [2.75, 3.05) is 12.4 Å². The van der Waals surface area contributed by atoms with E-state index in [9.17, 15) is 0 Å². The molecule has 2 aliphatic heterocycles. The van der Waals surface area contributed by atoms with Gasteiger partial charge in [-0.05, 0) is 44.9 Å². The molecule has 2 saturated heterocycles. The number of piperidine rings is 2. The second kappa shape index (κ2) is 5.10. The molecule has 2 unspecified atom stereocenters. The third kappa shape index (κ3) is 2.36. The van der Waals surface area contributed by atoms with Crippen molar-refractivity contribution in [3.8, 4) is 0 Å². The van der Waals surface area contributed by atoms with Crippen molar-refractivity contribution in [2.24, 2.45) is 0 Å². The summed E-state index contributed by atoms with van der Waals surface area (Å²) >= 11 is 6.22. The standard InChI is InChI=1S/C15H21ClN2/c1-18-12-5-4-6-13(18)10-11(9-12)17-15-8-3-2-7-14(15)16/h2-3,7-8,11-13,17H,4-6,9-10H2,1H3. The lowest BCUT2D eigenvalue weighted by Crippen LogP contribution is -2.52. The Hall–Kier alpha value is -0.730. The van der Waals surface area contributed by atoms with Crippen molar-refractivity contribution in [2.45, 2.75) is 50.2 Å². The normalized spacial score (nSPS) is 32.2. The topological polar surface area (TPSA) is 15.3 Å². The molecule has 2 atom stereocenters. The highest BCUT2D eigenvalue weighted by atomic mass is 35.5. The third-order valence-corrected chi connectivity index (χ3v) is 4.90. The molecule has 3 heteroatoms. The fraction of sp³-hybridized carbons (Fsp3) is 0.600. The summed E-state index contributed by atoms with van der Waals surface area (Å²) in [6.07, 6.45) is 6.61. The average Bonchev–Trinajstić information content (AvgIpc) is 2.33. The molecule has 2 heterocycles. The second-order valence-corrected chi connectivity index (χ2v) is 6.10. The number of benzene rings is 1. The van der Waals surface area contributed by atoms with Gasteiger partial charge in [-0.2, -0.15) is 0 Å². The van der Waals surface area contributed by atoms with Gasteiger partial charge in [0, 0.05) is 18.1 Å². The summed E-state index contributed by atoms with van der Waals surface area (Å²) < 4.78 is 0. The first-order valence-corrected chi connectivity index (χ1v) is 7.35. The first-order valence-electron chi connectivity index (χ1n) is 6.97. The Morgan fingerprint density at radius 1 is 1.17 bits per heavy atom. The van der Waals surface area contributed by atoms with E-state index in [4.69, 9.17) is 11.6 Å². The van der Waals surface area contributed by atoms with Gasteiger partial charge < -0.3 is 10.2 Å². The van der Waals surface area contributed by atoms with Crippen LogP contribution in [-0.4, -0.2) is 30.1 Å². The summed E-state index contributed by atoms with van der Waals surface area (Å²) in [4.78, 5) is 2.59. The van der Waals surface area contributed by atoms with Crippen LogP contribution < -0.4 is 5.32 Å². The van der Waals surface area contributed by atoms with Gasteiger partial charge in [0.25, 0.3) is 0 Å². The molecular weight excluding hydrogens is 244 g/mol. The van der Waals surface area contributed by atoms with Gasteiger partial charge in [-0.15, -0.1) is 0 Å². The quantitative estimate of drug-likeness (QED) is 0.875. The molecule has 0 saturated carbocycles. The molecule has 0 aliphatic carbocycles. The van der Waals surface area contributed by atoms with Crippen molar-refractivity contribution in [1.82, 2.24) is 4.90 Å². The summed E-state index contributed by atoms with van der Waals surface area (Å²) in [5, 5.41) is 4.47. The maximum Gasteiger partial charge on any atom is 0.0637 e. The van der Waals surface area contributed by atoms with Gasteiger partial charge in [-0.25, -0.2) is 0 Å². The van der Waals surface area contributed by atoms with Crippen LogP contribution >= 0.6 is 11.6 Å². The number of nitrogens with zero attached hydrogens (tertiary/aromatic N) is 1. The molecule has 0 amide bonds. The first-order chi connectivity index (χ1) is 8.74. The number of anilines is 1. The summed E-state index contributed by atoms with van der Waals surface area (Å²) in [5.41, 5.74) is 1.09. The minimum Gasteiger partial charge on any atom is -0.381 e. The zero-order chi connectivity index (χ0) is 12.5. The minimum absolute atomic E-state index is 0.580. The van der Waals surface area contributed by atoms with E-state index in [0.29, 0.717) is 6.04 Å². The number of hydrogen-bond acceptors (Lipinski definition) is 2. The lowest BCUT2D eigenvalue weighted by atomic mass is 9.82. The molecule has 2 aliphatic rings. The smallest absolute Gasteiger partial charge is 0.0637 e. The van der Waals surface area contributed by atoms with E-state index in [1.54, 1.807) is 0 Å². The second-order valence-electron chi connectivity index (χ2n) is 5.70. The largest absolute Gasteiger partial charge is 0.381 e. The Kier molecular flexibility index (Phi) is 3.49. The van der Waals surface area contributed by atoms with Crippen LogP contribution in [0.15, 0.2) is 24.3 Å². The Bertz CT molecular complexity index is 407. The molecule has 2 fully saturated rings. The fourth-order valence-corrected chi connectivity index (χ4v) is 3.72. The number of hydrogen-bond donors (Lipinski definition) is 1. The van der Waals surface area contributed by atoms with E-state index < -0.39 is 0 Å². The van der Waals surface area contributed by atoms with E-state index >= 15 is 0 Å². The van der Waals surface area contributed by atoms with Gasteiger partial charge in [0.15, 0.2) is 0 Å². The van der Waals surface area contributed by atoms with Crippen molar-refractivity contribution in [1.29, 1.82) is 0 Å². The van der Waals surface area contributed by atoms with Crippen LogP contribution in [0.25, 0.3) is 0 Å². The van der Waals surface area contributed by atoms with Crippen LogP contribution in [0.4, 0.5) is 5.69 Å². The molecule has 0 radical (unpaired) electrons. The summed E-state index contributed by atoms with van der Waals surface area (Å²) in [6.45, 7) is 0. The number of rotatable bonds is 2. The van der Waals surface area contributed by atoms with Gasteiger partial charge in [0.05, 0.1) is 10.7 Å². The Balaban J connectivity index is 1.70. The highest BCUT2D eigenvalue weighted by Gasteiger charge is 2.35. The minimum atomic E-state index is 0.580. The highest BCUT2D eigenvalue weighted by Crippen LogP contribution is 2.34. The van der Waals surface area contributed by atoms with Gasteiger partial charge in [0.2, 0.25) is 0 Å². The fourth-order valence-electron chi connectivity index (χ4n) is 3.53. The predicted octanol–water partition coefficient (Wildman–Crippen LogP) is 3.77. The van der Waals surface area contributed by atoms with Crippen molar-refractivity contribution < 1.29 is 0 Å². The lowest BCUT2D eigenvalue weighted by molar-refractivity contribution is 0.0608. The van der Waals surface area contributed by atoms with Crippen LogP contribution in [0, 0.1) is 0 Å². The van der Waals surface area contributed by atoms with E-state index in [1.165, 1.54) is 32.1 Å². The Labute approximate surface area is 114 Å². The summed E-state index contributed by atoms with van der Waals surface area (Å²) in [7, 11) is 2.29. The number of halogens is 1. The number of fused-ring (bicyclic) bond motifs is 2. The number of nitrogens with one attached hydrogen (secondary N) is 1. The van der Waals surface area contributed by atoms with Crippen LogP contribution in [0.3, 0.4) is 0 Å². The summed E-state index contributed by atoms with van der Waals surface area (Å²) in [5.74, 6) is 0. The van der Waals surface area contributed by atoms with E-state index in [-0.39, 0.29) is 0 Å². The maximum atomic E-state index is 6.22. The van der Waals surface area contributed by atoms with Crippen molar-refractivity contribution in [3.05, 3.63) is 29.3 Å². The molecule has 1 aromatic rings. The van der Waals surface area contributed by atoms with Crippen LogP contribution in [0.5, 0.6) is 0 Å². The van der Waals surface area contributed by atoms with Crippen molar-refractivity contribution in [3.63, 3.8) is 0 Å². The molecular formula is C15H21ClN2. The molecule has 98 valence electrons. The van der Waals surface area contributed by atoms with Crippen LogP contribution in [0.1, 0.15) is 32.1 Å². The van der Waals surface area contributed by atoms with Gasteiger partial charge in [0.1, 0.15) is 0 Å². The zero-order valence-electron chi connectivity index (χ0n) is 10.9. The first kappa shape index (κ1) is 12.3. The van der Waals surface area contributed by atoms with E-state index in [1.807, 2.05) is 18.2 Å². The predicted molar refractivity (Wildman–Crippen MR) is 77.3 cm³/mol. The Morgan fingerprint density at radius 3 is 2.50 bits per heavy atom. The van der Waals surface area contributed by atoms with Gasteiger partial charge in [-0.3, -0.25) is 0 Å². The lowest BCUT2D eigenvalue weighted by Gasteiger charge is -2.47. The SMILES string of the molecule is CN1C2CCCC1CC(Nc1ccccc1Cl)C2. The van der Waals surface area contributed by atoms with Gasteiger partial charge in [-0.1, -0.05) is 30.2 Å². The molecule has 0 spiro atoms. The molecule has 0 aromatic heterocycles. The van der Waals surface area contributed by atoms with E-state index in [0.717, 1.165) is 22.8 Å². The zero-order valence-corrected chi connectivity index (χ0v) is 11.7. The summed E-state index contributed by atoms with van der Waals surface area (Å²) in [6, 6.07) is 10.2. The maximum absolute atomic E-state index is 6.22. The average molecular weight is 265 g/mol. The highest BCUT2D eigenvalue weighted by molar-refractivity contribution is 6.33. The monoisotopic (exact) mass is 264 g/mol. The molecule has 3 rings (SSSR count). The van der Waals surface area contributed by atoms with Crippen LogP contribution in [0.2, 0.25) is 5.02 Å². The third-order valence-electron chi connectivity index (χ3n) is 4.57. The van der Waals surface area contributed by atoms with Crippen LogP contribution in [-0.2, 0) is 0 Å². The Morgan fingerprint density at radius 2 is 1.83 bits per heavy atom. The van der Waals surface area contributed by atoms with E-state index in [2.05, 4.69) is 23.3 Å². The van der Waals surface area contributed by atoms with Gasteiger partial charge >= 0.3 is 0 Å². The van der Waals surface area contributed by atoms with Crippen molar-refractivity contribution >= 4 is 17.3 Å². The molecule has 18 heavy (non-hydrogen) atoms. The molecule has 2 bridgehead atoms.